The van der Waals surface area contributed by atoms with Gasteiger partial charge < -0.3 is 15.0 Å². The van der Waals surface area contributed by atoms with E-state index in [4.69, 9.17) is 9.88 Å². The molecule has 0 saturated heterocycles. The molecule has 0 atom stereocenters. The highest BCUT2D eigenvalue weighted by Gasteiger charge is 2.21. The number of amides is 2. The Morgan fingerprint density at radius 3 is 2.17 bits per heavy atom. The second kappa shape index (κ2) is 6.97. The summed E-state index contributed by atoms with van der Waals surface area (Å²) in [5, 5.41) is 7.53. The van der Waals surface area contributed by atoms with Gasteiger partial charge in [0.1, 0.15) is 12.1 Å². The maximum absolute atomic E-state index is 11.9. The van der Waals surface area contributed by atoms with Crippen molar-refractivity contribution in [2.75, 3.05) is 18.9 Å². The molecule has 0 aromatic heterocycles. The number of nitrogens with two attached hydrogens (primary N) is 1. The smallest absolute Gasteiger partial charge is 0.410 e. The summed E-state index contributed by atoms with van der Waals surface area (Å²) in [5.41, 5.74) is -0.259. The molecule has 1 rings (SSSR count). The number of anilines is 1. The maximum atomic E-state index is 11.9. The molecule has 0 radical (unpaired) electrons. The van der Waals surface area contributed by atoms with E-state index >= 15 is 0 Å². The first-order chi connectivity index (χ1) is 10.4. The van der Waals surface area contributed by atoms with Crippen molar-refractivity contribution in [2.24, 2.45) is 5.14 Å². The van der Waals surface area contributed by atoms with Gasteiger partial charge in [-0.15, -0.1) is 0 Å². The van der Waals surface area contributed by atoms with Crippen molar-refractivity contribution in [3.05, 3.63) is 24.3 Å². The number of rotatable bonds is 4. The van der Waals surface area contributed by atoms with Crippen molar-refractivity contribution in [3.63, 3.8) is 0 Å². The number of benzene rings is 1. The van der Waals surface area contributed by atoms with Crippen LogP contribution in [0.5, 0.6) is 0 Å². The molecule has 0 unspecified atom stereocenters. The van der Waals surface area contributed by atoms with Crippen LogP contribution in [0.1, 0.15) is 20.8 Å². The van der Waals surface area contributed by atoms with Gasteiger partial charge in [0.25, 0.3) is 0 Å². The molecule has 3 N–H and O–H groups in total. The molecule has 2 amide bonds. The molecule has 0 fully saturated rings. The average molecular weight is 343 g/mol. The number of nitrogens with one attached hydrogen (secondary N) is 1. The normalized spacial score (nSPS) is 11.7. The zero-order valence-electron chi connectivity index (χ0n) is 13.5. The van der Waals surface area contributed by atoms with Crippen molar-refractivity contribution in [1.82, 2.24) is 4.90 Å². The van der Waals surface area contributed by atoms with Crippen LogP contribution in [0, 0.1) is 0 Å². The van der Waals surface area contributed by atoms with Crippen LogP contribution in [0.3, 0.4) is 0 Å². The summed E-state index contributed by atoms with van der Waals surface area (Å²) in [7, 11) is -2.34. The Bertz CT molecular complexity index is 677. The van der Waals surface area contributed by atoms with E-state index < -0.39 is 27.6 Å². The van der Waals surface area contributed by atoms with Crippen LogP contribution in [-0.4, -0.2) is 44.5 Å². The zero-order chi connectivity index (χ0) is 17.8. The summed E-state index contributed by atoms with van der Waals surface area (Å²) in [6, 6.07) is 5.38. The molecule has 1 aromatic rings. The lowest BCUT2D eigenvalue weighted by atomic mass is 10.2. The number of sulfonamides is 1. The van der Waals surface area contributed by atoms with Crippen LogP contribution in [0.25, 0.3) is 0 Å². The van der Waals surface area contributed by atoms with Crippen LogP contribution in [0.2, 0.25) is 0 Å². The SMILES string of the molecule is CN(CC(=O)Nc1ccc(S(N)(=O)=O)cc1)C(=O)OC(C)(C)C. The number of hydrogen-bond donors (Lipinski definition) is 2. The molecular formula is C14H21N3O5S. The van der Waals surface area contributed by atoms with Crippen molar-refractivity contribution in [3.8, 4) is 0 Å². The van der Waals surface area contributed by atoms with Crippen molar-refractivity contribution in [2.45, 2.75) is 31.3 Å². The number of carbonyl (C=O) groups excluding carboxylic acids is 2. The van der Waals surface area contributed by atoms with Gasteiger partial charge in [-0.2, -0.15) is 0 Å². The van der Waals surface area contributed by atoms with Gasteiger partial charge in [0.15, 0.2) is 0 Å². The molecule has 9 heteroatoms. The third-order valence-corrected chi connectivity index (χ3v) is 3.48. The van der Waals surface area contributed by atoms with Gasteiger partial charge in [-0.05, 0) is 45.0 Å². The van der Waals surface area contributed by atoms with Gasteiger partial charge in [-0.3, -0.25) is 4.79 Å². The minimum Gasteiger partial charge on any atom is -0.444 e. The summed E-state index contributed by atoms with van der Waals surface area (Å²) < 4.78 is 27.4. The van der Waals surface area contributed by atoms with Gasteiger partial charge in [0.05, 0.1) is 4.90 Å². The van der Waals surface area contributed by atoms with E-state index in [1.807, 2.05) is 0 Å². The summed E-state index contributed by atoms with van der Waals surface area (Å²) in [6.45, 7) is 4.98. The van der Waals surface area contributed by atoms with Crippen LogP contribution in [0.4, 0.5) is 10.5 Å². The Hall–Kier alpha value is -2.13. The Morgan fingerprint density at radius 2 is 1.74 bits per heavy atom. The predicted molar refractivity (Wildman–Crippen MR) is 85.3 cm³/mol. The molecule has 0 bridgehead atoms. The Labute approximate surface area is 135 Å². The lowest BCUT2D eigenvalue weighted by molar-refractivity contribution is -0.117. The van der Waals surface area contributed by atoms with E-state index in [1.54, 1.807) is 20.8 Å². The van der Waals surface area contributed by atoms with Gasteiger partial charge in [0, 0.05) is 12.7 Å². The first-order valence-electron chi connectivity index (χ1n) is 6.75. The molecule has 0 aliphatic heterocycles. The Morgan fingerprint density at radius 1 is 1.22 bits per heavy atom. The summed E-state index contributed by atoms with van der Waals surface area (Å²) in [6.07, 6.45) is -0.614. The predicted octanol–water partition coefficient (Wildman–Crippen LogP) is 1.14. The van der Waals surface area contributed by atoms with Crippen molar-refractivity contribution in [1.29, 1.82) is 0 Å². The highest BCUT2D eigenvalue weighted by atomic mass is 32.2. The van der Waals surface area contributed by atoms with E-state index in [0.717, 1.165) is 4.90 Å². The molecule has 0 heterocycles. The number of primary sulfonamides is 1. The van der Waals surface area contributed by atoms with Crippen LogP contribution in [0.15, 0.2) is 29.2 Å². The van der Waals surface area contributed by atoms with Gasteiger partial charge >= 0.3 is 6.09 Å². The zero-order valence-corrected chi connectivity index (χ0v) is 14.3. The third kappa shape index (κ3) is 6.66. The molecule has 0 saturated carbocycles. The van der Waals surface area contributed by atoms with Crippen molar-refractivity contribution < 1.29 is 22.7 Å². The minimum absolute atomic E-state index is 0.0543. The largest absolute Gasteiger partial charge is 0.444 e. The summed E-state index contributed by atoms with van der Waals surface area (Å²) in [4.78, 5) is 24.7. The quantitative estimate of drug-likeness (QED) is 0.849. The highest BCUT2D eigenvalue weighted by Crippen LogP contribution is 2.13. The van der Waals surface area contributed by atoms with E-state index in [1.165, 1.54) is 31.3 Å². The lowest BCUT2D eigenvalue weighted by Crippen LogP contribution is -2.38. The molecule has 1 aromatic carbocycles. The molecular weight excluding hydrogens is 322 g/mol. The lowest BCUT2D eigenvalue weighted by Gasteiger charge is -2.24. The Balaban J connectivity index is 2.61. The first kappa shape index (κ1) is 18.9. The van der Waals surface area contributed by atoms with Gasteiger partial charge in [-0.25, -0.2) is 18.4 Å². The molecule has 0 aliphatic carbocycles. The van der Waals surface area contributed by atoms with E-state index in [0.29, 0.717) is 5.69 Å². The van der Waals surface area contributed by atoms with Gasteiger partial charge in [-0.1, -0.05) is 0 Å². The minimum atomic E-state index is -3.78. The monoisotopic (exact) mass is 343 g/mol. The number of likely N-dealkylation sites (N-methyl/N-ethyl adjacent to an activating group) is 1. The third-order valence-electron chi connectivity index (χ3n) is 2.55. The summed E-state index contributed by atoms with van der Waals surface area (Å²) >= 11 is 0. The van der Waals surface area contributed by atoms with Gasteiger partial charge in [0.2, 0.25) is 15.9 Å². The fraction of sp³-hybridized carbons (Fsp3) is 0.429. The number of ether oxygens (including phenoxy) is 1. The summed E-state index contributed by atoms with van der Waals surface area (Å²) in [5.74, 6) is -0.443. The number of nitrogens with zero attached hydrogens (tertiary/aromatic N) is 1. The molecule has 23 heavy (non-hydrogen) atoms. The van der Waals surface area contributed by atoms with E-state index in [2.05, 4.69) is 5.32 Å². The fourth-order valence-electron chi connectivity index (χ4n) is 1.55. The highest BCUT2D eigenvalue weighted by molar-refractivity contribution is 7.89. The van der Waals surface area contributed by atoms with Crippen molar-refractivity contribution >= 4 is 27.7 Å². The second-order valence-electron chi connectivity index (χ2n) is 5.95. The Kier molecular flexibility index (Phi) is 5.73. The standard InChI is InChI=1S/C14H21N3O5S/c1-14(2,3)22-13(19)17(4)9-12(18)16-10-5-7-11(8-6-10)23(15,20)21/h5-8H,9H2,1-4H3,(H,16,18)(H2,15,20,21). The first-order valence-corrected chi connectivity index (χ1v) is 8.30. The second-order valence-corrected chi connectivity index (χ2v) is 7.52. The van der Waals surface area contributed by atoms with Crippen LogP contribution >= 0.6 is 0 Å². The average Bonchev–Trinajstić information content (AvgIpc) is 2.35. The molecule has 0 spiro atoms. The molecule has 8 nitrogen and oxygen atoms in total. The number of hydrogen-bond acceptors (Lipinski definition) is 5. The number of carbonyl (C=O) groups is 2. The van der Waals surface area contributed by atoms with E-state index in [9.17, 15) is 18.0 Å². The van der Waals surface area contributed by atoms with E-state index in [-0.39, 0.29) is 11.4 Å². The molecule has 128 valence electrons. The molecule has 0 aliphatic rings. The van der Waals surface area contributed by atoms with Crippen LogP contribution in [-0.2, 0) is 19.6 Å². The fourth-order valence-corrected chi connectivity index (χ4v) is 2.06. The topological polar surface area (TPSA) is 119 Å². The maximum Gasteiger partial charge on any atom is 0.410 e. The van der Waals surface area contributed by atoms with Crippen LogP contribution < -0.4 is 10.5 Å².